The highest BCUT2D eigenvalue weighted by atomic mass is 16.5. The van der Waals surface area contributed by atoms with Crippen molar-refractivity contribution in [3.05, 3.63) is 0 Å². The molecule has 0 aliphatic heterocycles. The molecule has 0 aromatic rings. The van der Waals surface area contributed by atoms with Gasteiger partial charge in [-0.05, 0) is 12.3 Å². The molecule has 0 fully saturated rings. The fourth-order valence-electron chi connectivity index (χ4n) is 0.493. The molecule has 4 heteroatoms. The van der Waals surface area contributed by atoms with Crippen LogP contribution in [0.25, 0.3) is 0 Å². The molecule has 1 amide bonds. The van der Waals surface area contributed by atoms with E-state index in [9.17, 15) is 9.59 Å². The number of carbonyl (C=O) groups excluding carboxylic acids is 2. The maximum Gasteiger partial charge on any atom is 0.397 e. The van der Waals surface area contributed by atoms with Crippen molar-refractivity contribution in [2.75, 3.05) is 7.05 Å². The molecule has 0 saturated carbocycles. The van der Waals surface area contributed by atoms with Crippen LogP contribution in [0, 0.1) is 5.41 Å². The van der Waals surface area contributed by atoms with Crippen LogP contribution in [-0.2, 0) is 14.3 Å². The molecule has 1 N–H and O–H groups in total. The van der Waals surface area contributed by atoms with E-state index in [0.29, 0.717) is 0 Å². The highest BCUT2D eigenvalue weighted by molar-refractivity contribution is 6.32. The lowest BCUT2D eigenvalue weighted by atomic mass is 9.90. The Morgan fingerprint density at radius 2 is 1.77 bits per heavy atom. The Bertz CT molecular complexity index is 205. The van der Waals surface area contributed by atoms with E-state index < -0.39 is 11.9 Å². The number of hydrogen-bond donors (Lipinski definition) is 1. The Labute approximate surface area is 78.6 Å². The number of nitrogens with one attached hydrogen (secondary N) is 1. The minimum atomic E-state index is -0.829. The summed E-state index contributed by atoms with van der Waals surface area (Å²) in [6, 6.07) is 0. The molecule has 0 spiro atoms. The molecule has 0 radical (unpaired) electrons. The van der Waals surface area contributed by atoms with E-state index in [-0.39, 0.29) is 11.5 Å². The predicted molar refractivity (Wildman–Crippen MR) is 49.1 cm³/mol. The topological polar surface area (TPSA) is 55.4 Å². The van der Waals surface area contributed by atoms with Crippen LogP contribution in [-0.4, -0.2) is 25.0 Å². The average molecular weight is 187 g/mol. The normalized spacial score (nSPS) is 13.3. The van der Waals surface area contributed by atoms with Crippen molar-refractivity contribution in [1.82, 2.24) is 5.32 Å². The number of carbonyl (C=O) groups is 2. The molecule has 1 atom stereocenters. The first-order chi connectivity index (χ1) is 5.79. The van der Waals surface area contributed by atoms with Gasteiger partial charge >= 0.3 is 11.9 Å². The first-order valence-corrected chi connectivity index (χ1v) is 4.21. The van der Waals surface area contributed by atoms with Crippen molar-refractivity contribution in [3.63, 3.8) is 0 Å². The number of rotatable bonds is 1. The Kier molecular flexibility index (Phi) is 3.91. The summed E-state index contributed by atoms with van der Waals surface area (Å²) >= 11 is 0. The maximum absolute atomic E-state index is 11.0. The van der Waals surface area contributed by atoms with Crippen LogP contribution >= 0.6 is 0 Å². The fraction of sp³-hybridized carbons (Fsp3) is 0.778. The van der Waals surface area contributed by atoms with Gasteiger partial charge in [0.25, 0.3) is 0 Å². The van der Waals surface area contributed by atoms with Gasteiger partial charge in [-0.25, -0.2) is 4.79 Å². The molecule has 0 aliphatic rings. The molecule has 0 aromatic carbocycles. The third-order valence-electron chi connectivity index (χ3n) is 1.92. The van der Waals surface area contributed by atoms with Gasteiger partial charge in [0, 0.05) is 7.05 Å². The van der Waals surface area contributed by atoms with Crippen LogP contribution in [0.4, 0.5) is 0 Å². The molecule has 4 nitrogen and oxygen atoms in total. The number of esters is 1. The summed E-state index contributed by atoms with van der Waals surface area (Å²) in [5.41, 5.74) is -0.149. The van der Waals surface area contributed by atoms with Gasteiger partial charge in [0.15, 0.2) is 0 Å². The molecule has 0 heterocycles. The smallest absolute Gasteiger partial charge is 0.397 e. The van der Waals surface area contributed by atoms with E-state index in [0.717, 1.165) is 0 Å². The molecule has 0 aliphatic carbocycles. The molecule has 0 aromatic heterocycles. The lowest BCUT2D eigenvalue weighted by molar-refractivity contribution is -0.161. The highest BCUT2D eigenvalue weighted by Crippen LogP contribution is 2.21. The second kappa shape index (κ2) is 4.25. The quantitative estimate of drug-likeness (QED) is 0.486. The number of amides is 1. The van der Waals surface area contributed by atoms with Crippen LogP contribution in [0.2, 0.25) is 0 Å². The van der Waals surface area contributed by atoms with Gasteiger partial charge in [-0.2, -0.15) is 0 Å². The van der Waals surface area contributed by atoms with E-state index in [1.54, 1.807) is 6.92 Å². The largest absolute Gasteiger partial charge is 0.455 e. The summed E-state index contributed by atoms with van der Waals surface area (Å²) in [6.07, 6.45) is -0.280. The minimum absolute atomic E-state index is 0.149. The van der Waals surface area contributed by atoms with Gasteiger partial charge in [0.05, 0.1) is 0 Å². The number of likely N-dealkylation sites (N-methyl/N-ethyl adjacent to an activating group) is 1. The molecular weight excluding hydrogens is 170 g/mol. The fourth-order valence-corrected chi connectivity index (χ4v) is 0.493. The Morgan fingerprint density at radius 1 is 1.31 bits per heavy atom. The van der Waals surface area contributed by atoms with Crippen LogP contribution in [0.1, 0.15) is 27.7 Å². The van der Waals surface area contributed by atoms with Crippen LogP contribution < -0.4 is 5.32 Å². The summed E-state index contributed by atoms with van der Waals surface area (Å²) in [5, 5.41) is 2.21. The van der Waals surface area contributed by atoms with Gasteiger partial charge in [-0.15, -0.1) is 0 Å². The van der Waals surface area contributed by atoms with Gasteiger partial charge in [0.2, 0.25) is 0 Å². The molecule has 13 heavy (non-hydrogen) atoms. The third-order valence-corrected chi connectivity index (χ3v) is 1.92. The van der Waals surface area contributed by atoms with Gasteiger partial charge in [-0.3, -0.25) is 4.79 Å². The van der Waals surface area contributed by atoms with Crippen molar-refractivity contribution in [3.8, 4) is 0 Å². The van der Waals surface area contributed by atoms with Crippen LogP contribution in [0.5, 0.6) is 0 Å². The summed E-state index contributed by atoms with van der Waals surface area (Å²) in [6.45, 7) is 7.58. The summed E-state index contributed by atoms with van der Waals surface area (Å²) < 4.78 is 4.92. The molecule has 0 bridgehead atoms. The average Bonchev–Trinajstić information content (AvgIpc) is 2.01. The van der Waals surface area contributed by atoms with Gasteiger partial charge in [-0.1, -0.05) is 20.8 Å². The first-order valence-electron chi connectivity index (χ1n) is 4.21. The van der Waals surface area contributed by atoms with Crippen molar-refractivity contribution in [2.45, 2.75) is 33.8 Å². The summed E-state index contributed by atoms with van der Waals surface area (Å²) in [7, 11) is 1.39. The first kappa shape index (κ1) is 11.9. The van der Waals surface area contributed by atoms with Crippen LogP contribution in [0.3, 0.4) is 0 Å². The van der Waals surface area contributed by atoms with E-state index in [4.69, 9.17) is 4.74 Å². The zero-order valence-electron chi connectivity index (χ0n) is 8.80. The van der Waals surface area contributed by atoms with E-state index in [2.05, 4.69) is 5.32 Å². The van der Waals surface area contributed by atoms with Gasteiger partial charge < -0.3 is 10.1 Å². The predicted octanol–water partition coefficient (Wildman–Crippen LogP) is 0.710. The van der Waals surface area contributed by atoms with E-state index in [1.807, 2.05) is 20.8 Å². The second-order valence-electron chi connectivity index (χ2n) is 3.99. The Morgan fingerprint density at radius 3 is 2.08 bits per heavy atom. The van der Waals surface area contributed by atoms with Gasteiger partial charge in [0.1, 0.15) is 6.10 Å². The number of ether oxygens (including phenoxy) is 1. The summed E-state index contributed by atoms with van der Waals surface area (Å²) in [5.74, 6) is -1.54. The van der Waals surface area contributed by atoms with Crippen molar-refractivity contribution in [1.29, 1.82) is 0 Å². The molecular formula is C9H17NO3. The third kappa shape index (κ3) is 3.92. The zero-order valence-corrected chi connectivity index (χ0v) is 8.80. The lowest BCUT2D eigenvalue weighted by Crippen LogP contribution is -2.36. The Hall–Kier alpha value is -1.06. The van der Waals surface area contributed by atoms with E-state index in [1.165, 1.54) is 7.05 Å². The highest BCUT2D eigenvalue weighted by Gasteiger charge is 2.26. The maximum atomic E-state index is 11.0. The summed E-state index contributed by atoms with van der Waals surface area (Å²) in [4.78, 5) is 21.8. The van der Waals surface area contributed by atoms with Crippen molar-refractivity contribution in [2.24, 2.45) is 5.41 Å². The molecule has 0 rings (SSSR count). The monoisotopic (exact) mass is 187 g/mol. The van der Waals surface area contributed by atoms with E-state index >= 15 is 0 Å². The van der Waals surface area contributed by atoms with Crippen molar-refractivity contribution < 1.29 is 14.3 Å². The molecule has 0 saturated heterocycles. The van der Waals surface area contributed by atoms with Crippen LogP contribution in [0.15, 0.2) is 0 Å². The molecule has 76 valence electrons. The standard InChI is InChI=1S/C9H17NO3/c1-6(9(2,3)4)13-8(12)7(11)10-5/h6H,1-5H3,(H,10,11)/t6-/m1/s1. The zero-order chi connectivity index (χ0) is 10.6. The Balaban J connectivity index is 4.15. The lowest BCUT2D eigenvalue weighted by Gasteiger charge is -2.26. The minimum Gasteiger partial charge on any atom is -0.455 e. The SMILES string of the molecule is CNC(=O)C(=O)O[C@H](C)C(C)(C)C. The number of hydrogen-bond acceptors (Lipinski definition) is 3. The second-order valence-corrected chi connectivity index (χ2v) is 3.99. The van der Waals surface area contributed by atoms with Crippen molar-refractivity contribution >= 4 is 11.9 Å². The molecule has 0 unspecified atom stereocenters.